The van der Waals surface area contributed by atoms with Crippen molar-refractivity contribution in [2.45, 2.75) is 26.4 Å². The Labute approximate surface area is 179 Å². The molecule has 2 N–H and O–H groups in total. The lowest BCUT2D eigenvalue weighted by atomic mass is 9.94. The molecule has 0 unspecified atom stereocenters. The van der Waals surface area contributed by atoms with Gasteiger partial charge in [0.05, 0.1) is 30.0 Å². The number of aliphatic hydroxyl groups is 1. The molecule has 8 heteroatoms. The number of aromatic amines is 1. The molecule has 1 saturated heterocycles. The molecular formula is C23H22N4O4. The van der Waals surface area contributed by atoms with Crippen LogP contribution in [0.25, 0.3) is 5.76 Å². The van der Waals surface area contributed by atoms with Gasteiger partial charge in [-0.05, 0) is 43.2 Å². The van der Waals surface area contributed by atoms with Gasteiger partial charge in [-0.1, -0.05) is 18.2 Å². The predicted octanol–water partition coefficient (Wildman–Crippen LogP) is 3.05. The number of carbonyl (C=O) groups excluding carboxylic acids is 2. The summed E-state index contributed by atoms with van der Waals surface area (Å²) in [6, 6.07) is 9.94. The van der Waals surface area contributed by atoms with Crippen LogP contribution in [0.2, 0.25) is 0 Å². The van der Waals surface area contributed by atoms with Crippen molar-refractivity contribution in [3.05, 3.63) is 82.4 Å². The summed E-state index contributed by atoms with van der Waals surface area (Å²) < 4.78 is 5.34. The summed E-state index contributed by atoms with van der Waals surface area (Å²) in [5.74, 6) is -1.09. The predicted molar refractivity (Wildman–Crippen MR) is 113 cm³/mol. The smallest absolute Gasteiger partial charge is 0.295 e. The molecule has 31 heavy (non-hydrogen) atoms. The minimum absolute atomic E-state index is 0.0229. The Hall–Kier alpha value is -3.94. The average molecular weight is 418 g/mol. The van der Waals surface area contributed by atoms with Crippen LogP contribution in [0.3, 0.4) is 0 Å². The van der Waals surface area contributed by atoms with Gasteiger partial charge >= 0.3 is 0 Å². The van der Waals surface area contributed by atoms with Crippen molar-refractivity contribution in [1.29, 1.82) is 0 Å². The van der Waals surface area contributed by atoms with Crippen LogP contribution in [0.4, 0.5) is 0 Å². The molecule has 1 aliphatic heterocycles. The highest BCUT2D eigenvalue weighted by Gasteiger charge is 2.46. The fraction of sp³-hybridized carbons (Fsp3) is 0.217. The molecule has 158 valence electrons. The summed E-state index contributed by atoms with van der Waals surface area (Å²) in [5, 5.41) is 18.1. The summed E-state index contributed by atoms with van der Waals surface area (Å²) in [5.41, 5.74) is 3.02. The zero-order valence-corrected chi connectivity index (χ0v) is 17.4. The van der Waals surface area contributed by atoms with E-state index in [0.717, 1.165) is 5.56 Å². The second-order valence-electron chi connectivity index (χ2n) is 7.37. The highest BCUT2D eigenvalue weighted by atomic mass is 16.5. The molecule has 1 aliphatic rings. The second kappa shape index (κ2) is 8.06. The first kappa shape index (κ1) is 20.3. The molecule has 1 aromatic carbocycles. The maximum absolute atomic E-state index is 13.1. The lowest BCUT2D eigenvalue weighted by molar-refractivity contribution is -0.140. The number of nitrogens with one attached hydrogen (secondary N) is 1. The summed E-state index contributed by atoms with van der Waals surface area (Å²) >= 11 is 0. The number of aryl methyl sites for hydroxylation is 2. The summed E-state index contributed by atoms with van der Waals surface area (Å²) in [6.45, 7) is 3.65. The summed E-state index contributed by atoms with van der Waals surface area (Å²) in [4.78, 5) is 31.7. The molecule has 0 spiro atoms. The monoisotopic (exact) mass is 418 g/mol. The Morgan fingerprint density at radius 2 is 2.03 bits per heavy atom. The van der Waals surface area contributed by atoms with Crippen molar-refractivity contribution < 1.29 is 19.4 Å². The molecule has 1 fully saturated rings. The number of aromatic nitrogens is 3. The Bertz CT molecular complexity index is 1160. The van der Waals surface area contributed by atoms with Gasteiger partial charge in [0.15, 0.2) is 0 Å². The quantitative estimate of drug-likeness (QED) is 0.375. The number of aliphatic hydroxyl groups excluding tert-OH is 1. The molecule has 3 aromatic rings. The van der Waals surface area contributed by atoms with E-state index < -0.39 is 17.7 Å². The van der Waals surface area contributed by atoms with Crippen LogP contribution in [0, 0.1) is 13.8 Å². The number of nitrogens with zero attached hydrogens (tertiary/aromatic N) is 3. The number of pyridine rings is 1. The van der Waals surface area contributed by atoms with Gasteiger partial charge in [0.25, 0.3) is 11.7 Å². The van der Waals surface area contributed by atoms with Crippen molar-refractivity contribution in [3.8, 4) is 5.75 Å². The number of amides is 1. The molecular weight excluding hydrogens is 396 g/mol. The zero-order valence-electron chi connectivity index (χ0n) is 17.4. The number of methoxy groups -OCH3 is 1. The molecule has 1 atom stereocenters. The molecule has 1 amide bonds. The standard InChI is InChI=1S/C23H22N4O4/c1-13-18(14(2)26-25-13)21(28)19-20(16-7-4-8-17(10-16)31-3)27(23(30)22(19)29)12-15-6-5-9-24-11-15/h4-11,20,28H,12H2,1-3H3,(H,25,26)/b21-19+/t20-/m1/s1. The lowest BCUT2D eigenvalue weighted by Crippen LogP contribution is -2.29. The third-order valence-electron chi connectivity index (χ3n) is 5.39. The third-order valence-corrected chi connectivity index (χ3v) is 5.39. The minimum Gasteiger partial charge on any atom is -0.507 e. The molecule has 0 radical (unpaired) electrons. The number of hydrogen-bond acceptors (Lipinski definition) is 6. The normalized spacial score (nSPS) is 17.9. The highest BCUT2D eigenvalue weighted by molar-refractivity contribution is 6.46. The van der Waals surface area contributed by atoms with Gasteiger partial charge in [0.1, 0.15) is 11.5 Å². The van der Waals surface area contributed by atoms with Crippen LogP contribution < -0.4 is 4.74 Å². The highest BCUT2D eigenvalue weighted by Crippen LogP contribution is 2.41. The van der Waals surface area contributed by atoms with Gasteiger partial charge in [-0.15, -0.1) is 0 Å². The number of hydrogen-bond donors (Lipinski definition) is 2. The van der Waals surface area contributed by atoms with Crippen LogP contribution in [-0.4, -0.2) is 44.0 Å². The number of ketones is 1. The Morgan fingerprint density at radius 1 is 1.23 bits per heavy atom. The molecule has 0 saturated carbocycles. The van der Waals surface area contributed by atoms with E-state index in [-0.39, 0.29) is 17.9 Å². The lowest BCUT2D eigenvalue weighted by Gasteiger charge is -2.25. The molecule has 4 rings (SSSR count). The number of Topliss-reactive ketones (excluding diaryl/α,β-unsaturated/α-hetero) is 1. The van der Waals surface area contributed by atoms with Crippen molar-refractivity contribution in [1.82, 2.24) is 20.1 Å². The van der Waals surface area contributed by atoms with Crippen molar-refractivity contribution in [3.63, 3.8) is 0 Å². The summed E-state index contributed by atoms with van der Waals surface area (Å²) in [7, 11) is 1.55. The van der Waals surface area contributed by atoms with Crippen LogP contribution in [-0.2, 0) is 16.1 Å². The topological polar surface area (TPSA) is 108 Å². The van der Waals surface area contributed by atoms with Gasteiger partial charge in [-0.2, -0.15) is 5.10 Å². The number of carbonyl (C=O) groups is 2. The zero-order chi connectivity index (χ0) is 22.1. The fourth-order valence-corrected chi connectivity index (χ4v) is 3.92. The van der Waals surface area contributed by atoms with E-state index in [1.807, 2.05) is 6.07 Å². The summed E-state index contributed by atoms with van der Waals surface area (Å²) in [6.07, 6.45) is 3.29. The van der Waals surface area contributed by atoms with Crippen LogP contribution in [0.5, 0.6) is 5.75 Å². The number of likely N-dealkylation sites (tertiary alicyclic amines) is 1. The van der Waals surface area contributed by atoms with Gasteiger partial charge in [0.2, 0.25) is 0 Å². The average Bonchev–Trinajstić information content (AvgIpc) is 3.25. The van der Waals surface area contributed by atoms with Crippen molar-refractivity contribution in [2.75, 3.05) is 7.11 Å². The molecule has 0 aliphatic carbocycles. The van der Waals surface area contributed by atoms with Crippen molar-refractivity contribution >= 4 is 17.4 Å². The third kappa shape index (κ3) is 3.56. The SMILES string of the molecule is COc1cccc([C@@H]2/C(=C(\O)c3c(C)n[nH]c3C)C(=O)C(=O)N2Cc2cccnc2)c1. The fourth-order valence-electron chi connectivity index (χ4n) is 3.92. The minimum atomic E-state index is -0.788. The van der Waals surface area contributed by atoms with E-state index in [4.69, 9.17) is 4.74 Å². The Kier molecular flexibility index (Phi) is 5.29. The maximum atomic E-state index is 13.1. The van der Waals surface area contributed by atoms with Gasteiger partial charge in [0, 0.05) is 24.6 Å². The largest absolute Gasteiger partial charge is 0.507 e. The van der Waals surface area contributed by atoms with Crippen LogP contribution >= 0.6 is 0 Å². The van der Waals surface area contributed by atoms with Gasteiger partial charge < -0.3 is 14.7 Å². The van der Waals surface area contributed by atoms with E-state index in [2.05, 4.69) is 15.2 Å². The first-order valence-corrected chi connectivity index (χ1v) is 9.75. The second-order valence-corrected chi connectivity index (χ2v) is 7.37. The van der Waals surface area contributed by atoms with Crippen LogP contribution in [0.15, 0.2) is 54.4 Å². The number of benzene rings is 1. The van der Waals surface area contributed by atoms with E-state index in [9.17, 15) is 14.7 Å². The van der Waals surface area contributed by atoms with E-state index >= 15 is 0 Å². The van der Waals surface area contributed by atoms with Crippen LogP contribution in [0.1, 0.15) is 34.1 Å². The number of rotatable bonds is 5. The molecule has 2 aromatic heterocycles. The first-order chi connectivity index (χ1) is 14.9. The van der Waals surface area contributed by atoms with E-state index in [1.165, 1.54) is 4.90 Å². The van der Waals surface area contributed by atoms with Gasteiger partial charge in [-0.3, -0.25) is 19.7 Å². The molecule has 8 nitrogen and oxygen atoms in total. The first-order valence-electron chi connectivity index (χ1n) is 9.75. The van der Waals surface area contributed by atoms with Crippen molar-refractivity contribution in [2.24, 2.45) is 0 Å². The Balaban J connectivity index is 1.91. The Morgan fingerprint density at radius 3 is 2.68 bits per heavy atom. The number of ether oxygens (including phenoxy) is 1. The molecule has 0 bridgehead atoms. The number of H-pyrrole nitrogens is 1. The van der Waals surface area contributed by atoms with Gasteiger partial charge in [-0.25, -0.2) is 0 Å². The van der Waals surface area contributed by atoms with E-state index in [1.54, 1.807) is 63.7 Å². The maximum Gasteiger partial charge on any atom is 0.295 e. The molecule has 3 heterocycles. The van der Waals surface area contributed by atoms with E-state index in [0.29, 0.717) is 28.3 Å².